The Kier molecular flexibility index (Phi) is 10.9. The fraction of sp³-hybridized carbons (Fsp3) is 0.727. The van der Waals surface area contributed by atoms with Crippen LogP contribution in [0.4, 0.5) is 0 Å². The Morgan fingerprint density at radius 1 is 1.31 bits per heavy atom. The standard InChI is InChI=1S/C11H21N3O2/c1-4-6-13-11(12-5-2)14-7-8-16-10-9-15-3/h1H,5-10H2,2-3H3,(H2,12,13,14). The van der Waals surface area contributed by atoms with Gasteiger partial charge in [0, 0.05) is 13.7 Å². The van der Waals surface area contributed by atoms with E-state index in [2.05, 4.69) is 21.5 Å². The molecule has 0 radical (unpaired) electrons. The zero-order chi connectivity index (χ0) is 12.1. The van der Waals surface area contributed by atoms with Crippen LogP contribution in [0.5, 0.6) is 0 Å². The Labute approximate surface area is 97.6 Å². The van der Waals surface area contributed by atoms with Crippen molar-refractivity contribution in [2.45, 2.75) is 6.92 Å². The quantitative estimate of drug-likeness (QED) is 0.262. The van der Waals surface area contributed by atoms with Gasteiger partial charge < -0.3 is 20.1 Å². The molecule has 0 amide bonds. The second-order valence-corrected chi connectivity index (χ2v) is 2.92. The molecule has 0 bridgehead atoms. The second-order valence-electron chi connectivity index (χ2n) is 2.92. The van der Waals surface area contributed by atoms with Gasteiger partial charge in [0.15, 0.2) is 5.96 Å². The first-order valence-electron chi connectivity index (χ1n) is 5.37. The van der Waals surface area contributed by atoms with Crippen molar-refractivity contribution in [3.8, 4) is 12.3 Å². The van der Waals surface area contributed by atoms with Gasteiger partial charge in [-0.25, -0.2) is 0 Å². The van der Waals surface area contributed by atoms with E-state index in [1.165, 1.54) is 0 Å². The SMILES string of the molecule is C#CCNC(=NCCOCCOC)NCC. The predicted molar refractivity (Wildman–Crippen MR) is 65.5 cm³/mol. The van der Waals surface area contributed by atoms with Gasteiger partial charge in [-0.3, -0.25) is 4.99 Å². The highest BCUT2D eigenvalue weighted by Crippen LogP contribution is 1.79. The van der Waals surface area contributed by atoms with E-state index in [-0.39, 0.29) is 0 Å². The minimum absolute atomic E-state index is 0.469. The summed E-state index contributed by atoms with van der Waals surface area (Å²) < 4.78 is 10.1. The van der Waals surface area contributed by atoms with Crippen LogP contribution < -0.4 is 10.6 Å². The van der Waals surface area contributed by atoms with Crippen molar-refractivity contribution in [3.05, 3.63) is 0 Å². The normalized spacial score (nSPS) is 10.9. The Morgan fingerprint density at radius 3 is 2.75 bits per heavy atom. The summed E-state index contributed by atoms with van der Waals surface area (Å²) in [7, 11) is 1.65. The van der Waals surface area contributed by atoms with Gasteiger partial charge in [-0.2, -0.15) is 0 Å². The first kappa shape index (κ1) is 14.8. The number of terminal acetylenes is 1. The molecule has 0 aliphatic rings. The summed E-state index contributed by atoms with van der Waals surface area (Å²) in [4.78, 5) is 4.28. The van der Waals surface area contributed by atoms with Gasteiger partial charge in [0.05, 0.1) is 32.9 Å². The van der Waals surface area contributed by atoms with E-state index in [1.54, 1.807) is 7.11 Å². The van der Waals surface area contributed by atoms with Crippen LogP contribution in [0, 0.1) is 12.3 Å². The maximum atomic E-state index is 5.28. The number of aliphatic imine (C=N–C) groups is 1. The molecule has 0 aliphatic carbocycles. The Bertz CT molecular complexity index is 224. The van der Waals surface area contributed by atoms with Crippen LogP contribution in [0.3, 0.4) is 0 Å². The monoisotopic (exact) mass is 227 g/mol. The molecule has 5 nitrogen and oxygen atoms in total. The highest BCUT2D eigenvalue weighted by Gasteiger charge is 1.94. The van der Waals surface area contributed by atoms with Gasteiger partial charge in [-0.15, -0.1) is 6.42 Å². The lowest BCUT2D eigenvalue weighted by Crippen LogP contribution is -2.37. The molecule has 0 spiro atoms. The van der Waals surface area contributed by atoms with E-state index in [4.69, 9.17) is 15.9 Å². The highest BCUT2D eigenvalue weighted by atomic mass is 16.5. The van der Waals surface area contributed by atoms with E-state index in [1.807, 2.05) is 6.92 Å². The third-order valence-electron chi connectivity index (χ3n) is 1.64. The summed E-state index contributed by atoms with van der Waals surface area (Å²) in [5.41, 5.74) is 0. The Hall–Kier alpha value is -1.25. The van der Waals surface area contributed by atoms with Gasteiger partial charge in [0.2, 0.25) is 0 Å². The number of nitrogens with one attached hydrogen (secondary N) is 2. The molecule has 0 rings (SSSR count). The van der Waals surface area contributed by atoms with E-state index in [0.29, 0.717) is 32.9 Å². The van der Waals surface area contributed by atoms with Crippen molar-refractivity contribution in [2.24, 2.45) is 4.99 Å². The number of guanidine groups is 1. The van der Waals surface area contributed by atoms with E-state index >= 15 is 0 Å². The van der Waals surface area contributed by atoms with E-state index in [9.17, 15) is 0 Å². The predicted octanol–water partition coefficient (Wildman–Crippen LogP) is -0.162. The number of hydrogen-bond donors (Lipinski definition) is 2. The molecule has 16 heavy (non-hydrogen) atoms. The summed E-state index contributed by atoms with van der Waals surface area (Å²) in [5, 5.41) is 6.08. The number of rotatable bonds is 8. The molecule has 0 saturated carbocycles. The summed E-state index contributed by atoms with van der Waals surface area (Å²) in [5.74, 6) is 3.21. The molecule has 0 aromatic carbocycles. The van der Waals surface area contributed by atoms with Crippen LogP contribution in [0.25, 0.3) is 0 Å². The number of methoxy groups -OCH3 is 1. The lowest BCUT2D eigenvalue weighted by molar-refractivity contribution is 0.0748. The van der Waals surface area contributed by atoms with Crippen LogP contribution in [0.2, 0.25) is 0 Å². The minimum Gasteiger partial charge on any atom is -0.382 e. The maximum absolute atomic E-state index is 5.28. The van der Waals surface area contributed by atoms with Crippen molar-refractivity contribution in [3.63, 3.8) is 0 Å². The third kappa shape index (κ3) is 9.31. The first-order chi connectivity index (χ1) is 7.85. The molecule has 0 aromatic heterocycles. The van der Waals surface area contributed by atoms with Gasteiger partial charge in [-0.1, -0.05) is 5.92 Å². The number of hydrogen-bond acceptors (Lipinski definition) is 3. The fourth-order valence-corrected chi connectivity index (χ4v) is 0.943. The number of nitrogens with zero attached hydrogens (tertiary/aromatic N) is 1. The molecule has 0 atom stereocenters. The second kappa shape index (κ2) is 11.8. The Balaban J connectivity index is 3.63. The molecule has 0 aromatic rings. The van der Waals surface area contributed by atoms with Crippen molar-refractivity contribution >= 4 is 5.96 Å². The lowest BCUT2D eigenvalue weighted by atomic mass is 10.6. The van der Waals surface area contributed by atoms with Crippen molar-refractivity contribution < 1.29 is 9.47 Å². The zero-order valence-corrected chi connectivity index (χ0v) is 10.1. The Morgan fingerprint density at radius 2 is 2.12 bits per heavy atom. The lowest BCUT2D eigenvalue weighted by Gasteiger charge is -2.08. The van der Waals surface area contributed by atoms with Crippen molar-refractivity contribution in [1.29, 1.82) is 0 Å². The molecule has 0 heterocycles. The average molecular weight is 227 g/mol. The fourth-order valence-electron chi connectivity index (χ4n) is 0.943. The van der Waals surface area contributed by atoms with E-state index in [0.717, 1.165) is 12.5 Å². The van der Waals surface area contributed by atoms with Gasteiger partial charge >= 0.3 is 0 Å². The van der Waals surface area contributed by atoms with E-state index < -0.39 is 0 Å². The van der Waals surface area contributed by atoms with Crippen LogP contribution in [-0.2, 0) is 9.47 Å². The van der Waals surface area contributed by atoms with Crippen LogP contribution in [0.15, 0.2) is 4.99 Å². The molecule has 0 fully saturated rings. The molecule has 0 saturated heterocycles. The molecule has 0 unspecified atom stereocenters. The average Bonchev–Trinajstić information content (AvgIpc) is 2.30. The smallest absolute Gasteiger partial charge is 0.192 e. The molecular weight excluding hydrogens is 206 g/mol. The maximum Gasteiger partial charge on any atom is 0.192 e. The minimum atomic E-state index is 0.469. The van der Waals surface area contributed by atoms with Gasteiger partial charge in [0.1, 0.15) is 0 Å². The molecule has 0 aliphatic heterocycles. The highest BCUT2D eigenvalue weighted by molar-refractivity contribution is 5.79. The summed E-state index contributed by atoms with van der Waals surface area (Å²) >= 11 is 0. The van der Waals surface area contributed by atoms with Crippen LogP contribution in [-0.4, -0.2) is 52.5 Å². The van der Waals surface area contributed by atoms with Crippen molar-refractivity contribution in [1.82, 2.24) is 10.6 Å². The van der Waals surface area contributed by atoms with Gasteiger partial charge in [-0.05, 0) is 6.92 Å². The third-order valence-corrected chi connectivity index (χ3v) is 1.64. The van der Waals surface area contributed by atoms with Crippen LogP contribution in [0.1, 0.15) is 6.92 Å². The van der Waals surface area contributed by atoms with Gasteiger partial charge in [0.25, 0.3) is 0 Å². The summed E-state index contributed by atoms with van der Waals surface area (Å²) in [6.45, 7) is 5.67. The van der Waals surface area contributed by atoms with Crippen molar-refractivity contribution in [2.75, 3.05) is 46.6 Å². The summed E-state index contributed by atoms with van der Waals surface area (Å²) in [6, 6.07) is 0. The number of ether oxygens (including phenoxy) is 2. The largest absolute Gasteiger partial charge is 0.382 e. The molecular formula is C11H21N3O2. The summed E-state index contributed by atoms with van der Waals surface area (Å²) in [6.07, 6.45) is 5.15. The molecule has 92 valence electrons. The molecule has 5 heteroatoms. The van der Waals surface area contributed by atoms with Crippen LogP contribution >= 0.6 is 0 Å². The topological polar surface area (TPSA) is 54.9 Å². The first-order valence-corrected chi connectivity index (χ1v) is 5.37. The zero-order valence-electron chi connectivity index (χ0n) is 10.1. The molecule has 2 N–H and O–H groups in total.